The number of aryl methyl sites for hydroxylation is 1. The van der Waals surface area contributed by atoms with Gasteiger partial charge in [0.1, 0.15) is 5.69 Å². The van der Waals surface area contributed by atoms with E-state index in [1.165, 1.54) is 30.1 Å². The molecule has 0 unspecified atom stereocenters. The molecular weight excluding hydrogens is 588 g/mol. The van der Waals surface area contributed by atoms with E-state index in [1.54, 1.807) is 6.20 Å². The summed E-state index contributed by atoms with van der Waals surface area (Å²) in [6.07, 6.45) is 4.69. The van der Waals surface area contributed by atoms with Crippen LogP contribution in [0.3, 0.4) is 0 Å². The van der Waals surface area contributed by atoms with Crippen molar-refractivity contribution in [2.24, 2.45) is 0 Å². The van der Waals surface area contributed by atoms with Crippen LogP contribution in [0, 0.1) is 11.6 Å². The van der Waals surface area contributed by atoms with Gasteiger partial charge in [-0.2, -0.15) is 9.49 Å². The van der Waals surface area contributed by atoms with Gasteiger partial charge < -0.3 is 14.5 Å². The van der Waals surface area contributed by atoms with Gasteiger partial charge in [-0.25, -0.2) is 14.1 Å². The Balaban J connectivity index is 1.20. The molecule has 0 saturated heterocycles. The number of amides is 1. The Morgan fingerprint density at radius 3 is 2.92 bits per heavy atom. The summed E-state index contributed by atoms with van der Waals surface area (Å²) >= 11 is 3.44. The molecule has 13 heteroatoms. The summed E-state index contributed by atoms with van der Waals surface area (Å²) in [5, 5.41) is 15.6. The highest BCUT2D eigenvalue weighted by atomic mass is 79.9. The lowest BCUT2D eigenvalue weighted by atomic mass is 10.1. The number of nitrogens with zero attached hydrogens (tertiary/aromatic N) is 6. The molecular formula is C27H22BrF2N7O3. The van der Waals surface area contributed by atoms with Crippen LogP contribution in [0.2, 0.25) is 0 Å². The summed E-state index contributed by atoms with van der Waals surface area (Å²) in [5.74, 6) is -1.75. The molecule has 0 spiro atoms. The first-order chi connectivity index (χ1) is 19.4. The first kappa shape index (κ1) is 25.9. The fraction of sp³-hybridized carbons (Fsp3) is 0.222. The Kier molecular flexibility index (Phi) is 6.88. The van der Waals surface area contributed by atoms with E-state index >= 15 is 0 Å². The van der Waals surface area contributed by atoms with Crippen LogP contribution < -0.4 is 10.1 Å². The number of hydrogen-bond donors (Lipinski definition) is 1. The summed E-state index contributed by atoms with van der Waals surface area (Å²) in [6.45, 7) is 0.902. The molecule has 10 nitrogen and oxygen atoms in total. The van der Waals surface area contributed by atoms with Crippen LogP contribution in [-0.2, 0) is 26.1 Å². The zero-order chi connectivity index (χ0) is 27.8. The van der Waals surface area contributed by atoms with Crippen LogP contribution >= 0.6 is 15.9 Å². The summed E-state index contributed by atoms with van der Waals surface area (Å²) in [6, 6.07) is 10.3. The standard InChI is InChI=1S/C27H22BrF2N7O3/c1-39-21-8-7-17(25(29)26(21)30)18-13-36(35-33-18)14-19-24(20-6-3-9-37(20)34-19)27(38)32-12-23-31-11-22(40-23)15-4-2-5-16(28)10-15/h2,4-5,7-8,10-11,13H,3,6,9,12,14H2,1H3,(H,32,38). The molecule has 1 N–H and O–H groups in total. The van der Waals surface area contributed by atoms with Crippen molar-refractivity contribution in [3.05, 3.63) is 87.7 Å². The van der Waals surface area contributed by atoms with E-state index in [4.69, 9.17) is 9.15 Å². The van der Waals surface area contributed by atoms with Gasteiger partial charge in [0, 0.05) is 22.1 Å². The van der Waals surface area contributed by atoms with Crippen molar-refractivity contribution in [1.82, 2.24) is 35.1 Å². The number of rotatable bonds is 8. The molecule has 1 amide bonds. The van der Waals surface area contributed by atoms with Gasteiger partial charge in [-0.05, 0) is 37.1 Å². The van der Waals surface area contributed by atoms with Crippen LogP contribution in [0.25, 0.3) is 22.6 Å². The second-order valence-corrected chi connectivity index (χ2v) is 10.1. The Hall–Kier alpha value is -4.39. The van der Waals surface area contributed by atoms with Gasteiger partial charge in [0.15, 0.2) is 17.3 Å². The molecule has 1 aliphatic heterocycles. The van der Waals surface area contributed by atoms with Gasteiger partial charge in [0.2, 0.25) is 11.7 Å². The van der Waals surface area contributed by atoms with Crippen molar-refractivity contribution >= 4 is 21.8 Å². The van der Waals surface area contributed by atoms with Crippen LogP contribution in [0.15, 0.2) is 57.7 Å². The average molecular weight is 610 g/mol. The smallest absolute Gasteiger partial charge is 0.255 e. The number of benzene rings is 2. The number of ether oxygens (including phenoxy) is 1. The van der Waals surface area contributed by atoms with E-state index in [9.17, 15) is 13.6 Å². The lowest BCUT2D eigenvalue weighted by Crippen LogP contribution is -2.25. The van der Waals surface area contributed by atoms with E-state index in [2.05, 4.69) is 41.6 Å². The third-order valence-electron chi connectivity index (χ3n) is 6.60. The number of carbonyl (C=O) groups excluding carboxylic acids is 1. The highest BCUT2D eigenvalue weighted by Crippen LogP contribution is 2.29. The summed E-state index contributed by atoms with van der Waals surface area (Å²) in [7, 11) is 1.26. The van der Waals surface area contributed by atoms with Crippen molar-refractivity contribution in [1.29, 1.82) is 0 Å². The molecule has 6 rings (SSSR count). The topological polar surface area (TPSA) is 113 Å². The molecule has 0 fully saturated rings. The lowest BCUT2D eigenvalue weighted by Gasteiger charge is -2.06. The van der Waals surface area contributed by atoms with Crippen LogP contribution in [0.5, 0.6) is 5.75 Å². The molecule has 0 atom stereocenters. The maximum atomic E-state index is 14.6. The molecule has 0 bridgehead atoms. The lowest BCUT2D eigenvalue weighted by molar-refractivity contribution is 0.0945. The SMILES string of the molecule is COc1ccc(-c2cn(Cc3nn4c(c3C(=O)NCc3ncc(-c5cccc(Br)c5)o3)CCC4)nn2)c(F)c1F. The van der Waals surface area contributed by atoms with Crippen molar-refractivity contribution in [2.45, 2.75) is 32.5 Å². The van der Waals surface area contributed by atoms with Crippen molar-refractivity contribution in [3.8, 4) is 28.3 Å². The van der Waals surface area contributed by atoms with Gasteiger partial charge in [-0.1, -0.05) is 33.3 Å². The molecule has 0 saturated carbocycles. The number of hydrogen-bond acceptors (Lipinski definition) is 7. The van der Waals surface area contributed by atoms with Crippen LogP contribution in [0.4, 0.5) is 8.78 Å². The molecule has 40 heavy (non-hydrogen) atoms. The predicted octanol–water partition coefficient (Wildman–Crippen LogP) is 4.77. The zero-order valence-corrected chi connectivity index (χ0v) is 22.8. The normalized spacial score (nSPS) is 12.5. The molecule has 1 aliphatic rings. The third kappa shape index (κ3) is 4.88. The van der Waals surface area contributed by atoms with E-state index in [-0.39, 0.29) is 36.0 Å². The first-order valence-electron chi connectivity index (χ1n) is 12.4. The highest BCUT2D eigenvalue weighted by Gasteiger charge is 2.27. The van der Waals surface area contributed by atoms with Crippen LogP contribution in [0.1, 0.15) is 34.1 Å². The predicted molar refractivity (Wildman–Crippen MR) is 142 cm³/mol. The van der Waals surface area contributed by atoms with Crippen molar-refractivity contribution in [2.75, 3.05) is 7.11 Å². The second-order valence-electron chi connectivity index (χ2n) is 9.15. The maximum Gasteiger partial charge on any atom is 0.255 e. The molecule has 4 heterocycles. The number of carbonyl (C=O) groups is 1. The van der Waals surface area contributed by atoms with E-state index < -0.39 is 11.6 Å². The van der Waals surface area contributed by atoms with Gasteiger partial charge in [-0.3, -0.25) is 9.48 Å². The summed E-state index contributed by atoms with van der Waals surface area (Å²) in [4.78, 5) is 17.6. The fourth-order valence-corrected chi connectivity index (χ4v) is 5.11. The number of nitrogens with one attached hydrogen (secondary N) is 1. The maximum absolute atomic E-state index is 14.6. The zero-order valence-electron chi connectivity index (χ0n) is 21.2. The Bertz CT molecular complexity index is 1730. The highest BCUT2D eigenvalue weighted by molar-refractivity contribution is 9.10. The molecule has 204 valence electrons. The largest absolute Gasteiger partial charge is 0.494 e. The summed E-state index contributed by atoms with van der Waals surface area (Å²) < 4.78 is 43.6. The molecule has 3 aromatic heterocycles. The minimum atomic E-state index is -1.10. The minimum absolute atomic E-state index is 0.0528. The fourth-order valence-electron chi connectivity index (χ4n) is 4.71. The Morgan fingerprint density at radius 1 is 1.23 bits per heavy atom. The van der Waals surface area contributed by atoms with Crippen molar-refractivity contribution < 1.29 is 22.7 Å². The van der Waals surface area contributed by atoms with Gasteiger partial charge >= 0.3 is 0 Å². The quantitative estimate of drug-likeness (QED) is 0.269. The van der Waals surface area contributed by atoms with Gasteiger partial charge in [0.25, 0.3) is 5.91 Å². The summed E-state index contributed by atoms with van der Waals surface area (Å²) in [5.41, 5.74) is 2.73. The van der Waals surface area contributed by atoms with E-state index in [0.717, 1.165) is 22.2 Å². The number of halogens is 3. The first-order valence-corrected chi connectivity index (χ1v) is 13.2. The van der Waals surface area contributed by atoms with Crippen LogP contribution in [-0.4, -0.2) is 42.8 Å². The van der Waals surface area contributed by atoms with Gasteiger partial charge in [0.05, 0.1) is 49.5 Å². The van der Waals surface area contributed by atoms with Crippen molar-refractivity contribution in [3.63, 3.8) is 0 Å². The number of aromatic nitrogens is 6. The van der Waals surface area contributed by atoms with Gasteiger partial charge in [-0.15, -0.1) is 5.10 Å². The monoisotopic (exact) mass is 609 g/mol. The number of methoxy groups -OCH3 is 1. The minimum Gasteiger partial charge on any atom is -0.494 e. The number of oxazole rings is 1. The average Bonchev–Trinajstić information content (AvgIpc) is 3.74. The Morgan fingerprint density at radius 2 is 2.10 bits per heavy atom. The second kappa shape index (κ2) is 10.6. The van der Waals surface area contributed by atoms with E-state index in [0.29, 0.717) is 35.9 Å². The molecule has 0 aliphatic carbocycles. The van der Waals surface area contributed by atoms with E-state index in [1.807, 2.05) is 28.9 Å². The third-order valence-corrected chi connectivity index (χ3v) is 7.09. The molecule has 0 radical (unpaired) electrons. The number of fused-ring (bicyclic) bond motifs is 1. The molecule has 2 aromatic carbocycles. The molecule has 5 aromatic rings. The Labute approximate surface area is 235 Å².